The molecule has 1 rings (SSSR count). The summed E-state index contributed by atoms with van der Waals surface area (Å²) in [5.41, 5.74) is 7.61. The molecule has 17 heavy (non-hydrogen) atoms. The van der Waals surface area contributed by atoms with Crippen LogP contribution >= 0.6 is 12.4 Å². The van der Waals surface area contributed by atoms with Crippen LogP contribution in [0, 0.1) is 0 Å². The lowest BCUT2D eigenvalue weighted by molar-refractivity contribution is 0.307. The highest BCUT2D eigenvalue weighted by molar-refractivity contribution is 5.92. The highest BCUT2D eigenvalue weighted by Crippen LogP contribution is 2.15. The van der Waals surface area contributed by atoms with Gasteiger partial charge in [0, 0.05) is 25.5 Å². The lowest BCUT2D eigenvalue weighted by Crippen LogP contribution is -2.23. The van der Waals surface area contributed by atoms with Crippen molar-refractivity contribution in [1.29, 1.82) is 0 Å². The van der Waals surface area contributed by atoms with Crippen LogP contribution in [0.4, 0.5) is 11.4 Å². The highest BCUT2D eigenvalue weighted by Gasteiger charge is 1.97. The zero-order valence-electron chi connectivity index (χ0n) is 10.1. The molecule has 0 heterocycles. The van der Waals surface area contributed by atoms with Crippen LogP contribution in [-0.2, 0) is 0 Å². The van der Waals surface area contributed by atoms with E-state index in [9.17, 15) is 0 Å². The van der Waals surface area contributed by atoms with Gasteiger partial charge in [0.2, 0.25) is 0 Å². The molecular weight excluding hydrogens is 240 g/mol. The summed E-state index contributed by atoms with van der Waals surface area (Å²) in [6.45, 7) is 0.316. The molecule has 0 aliphatic rings. The van der Waals surface area contributed by atoms with Gasteiger partial charge in [-0.2, -0.15) is 0 Å². The molecule has 0 atom stereocenters. The maximum atomic E-state index is 8.58. The molecule has 0 amide bonds. The highest BCUT2D eigenvalue weighted by atomic mass is 35.5. The number of hydrogen-bond donors (Lipinski definition) is 3. The Labute approximate surface area is 108 Å². The maximum Gasteiger partial charge on any atom is 0.193 e. The van der Waals surface area contributed by atoms with Crippen molar-refractivity contribution in [2.24, 2.45) is 10.7 Å². The Morgan fingerprint density at radius 2 is 1.94 bits per heavy atom. The van der Waals surface area contributed by atoms with Crippen LogP contribution in [0.1, 0.15) is 0 Å². The van der Waals surface area contributed by atoms with Crippen LogP contribution in [-0.4, -0.2) is 38.3 Å². The van der Waals surface area contributed by atoms with Crippen molar-refractivity contribution < 1.29 is 5.11 Å². The van der Waals surface area contributed by atoms with Crippen molar-refractivity contribution in [3.63, 3.8) is 0 Å². The molecule has 0 aliphatic heterocycles. The van der Waals surface area contributed by atoms with E-state index >= 15 is 0 Å². The molecular formula is C11H19ClN4O. The summed E-state index contributed by atoms with van der Waals surface area (Å²) < 4.78 is 0. The zero-order valence-corrected chi connectivity index (χ0v) is 10.9. The molecule has 0 saturated carbocycles. The summed E-state index contributed by atoms with van der Waals surface area (Å²) in [4.78, 5) is 5.94. The number of nitrogens with two attached hydrogens (primary N) is 1. The number of aliphatic hydroxyl groups excluding tert-OH is 1. The largest absolute Gasteiger partial charge is 0.394 e. The minimum Gasteiger partial charge on any atom is -0.394 e. The fourth-order valence-electron chi connectivity index (χ4n) is 1.20. The summed E-state index contributed by atoms with van der Waals surface area (Å²) in [5.74, 6) is 0.312. The number of aliphatic hydroxyl groups is 1. The van der Waals surface area contributed by atoms with E-state index in [1.54, 1.807) is 0 Å². The van der Waals surface area contributed by atoms with E-state index in [0.717, 1.165) is 11.4 Å². The van der Waals surface area contributed by atoms with Gasteiger partial charge in [-0.25, -0.2) is 0 Å². The number of rotatable bonds is 4. The molecule has 0 radical (unpaired) electrons. The predicted molar refractivity (Wildman–Crippen MR) is 75.2 cm³/mol. The molecule has 0 unspecified atom stereocenters. The number of aliphatic imine (C=N–C) groups is 1. The lowest BCUT2D eigenvalue weighted by Gasteiger charge is -2.13. The Kier molecular flexibility index (Phi) is 7.09. The predicted octanol–water partition coefficient (Wildman–Crippen LogP) is 0.893. The van der Waals surface area contributed by atoms with Crippen molar-refractivity contribution in [2.75, 3.05) is 37.5 Å². The quantitative estimate of drug-likeness (QED) is 0.554. The number of hydrogen-bond acceptors (Lipinski definition) is 3. The van der Waals surface area contributed by atoms with Gasteiger partial charge >= 0.3 is 0 Å². The Hall–Kier alpha value is -1.46. The number of nitrogens with zero attached hydrogens (tertiary/aromatic N) is 2. The van der Waals surface area contributed by atoms with Crippen molar-refractivity contribution in [3.05, 3.63) is 24.3 Å². The standard InChI is InChI=1S/C11H18N4O.ClH/c1-15(2)10-5-3-9(4-6-10)14-11(12)13-7-8-16;/h3-6,16H,7-8H2,1-2H3,(H3,12,13,14);1H. The van der Waals surface area contributed by atoms with Gasteiger partial charge < -0.3 is 21.1 Å². The summed E-state index contributed by atoms with van der Waals surface area (Å²) in [6, 6.07) is 7.83. The van der Waals surface area contributed by atoms with Gasteiger partial charge in [-0.15, -0.1) is 12.4 Å². The topological polar surface area (TPSA) is 73.9 Å². The smallest absolute Gasteiger partial charge is 0.193 e. The number of halogens is 1. The molecule has 4 N–H and O–H groups in total. The van der Waals surface area contributed by atoms with Crippen molar-refractivity contribution >= 4 is 29.7 Å². The van der Waals surface area contributed by atoms with Gasteiger partial charge in [-0.05, 0) is 24.3 Å². The fraction of sp³-hybridized carbons (Fsp3) is 0.364. The van der Waals surface area contributed by atoms with E-state index in [1.807, 2.05) is 43.3 Å². The third-order valence-corrected chi connectivity index (χ3v) is 2.04. The third-order valence-electron chi connectivity index (χ3n) is 2.04. The average Bonchev–Trinajstić information content (AvgIpc) is 2.27. The first-order valence-electron chi connectivity index (χ1n) is 5.08. The summed E-state index contributed by atoms with van der Waals surface area (Å²) in [6.07, 6.45) is 0. The molecule has 5 nitrogen and oxygen atoms in total. The molecule has 6 heteroatoms. The van der Waals surface area contributed by atoms with E-state index < -0.39 is 0 Å². The van der Waals surface area contributed by atoms with Crippen molar-refractivity contribution in [2.45, 2.75) is 0 Å². The number of benzene rings is 1. The van der Waals surface area contributed by atoms with Gasteiger partial charge in [0.05, 0.1) is 13.2 Å². The molecule has 1 aromatic rings. The first kappa shape index (κ1) is 15.5. The first-order chi connectivity index (χ1) is 7.63. The molecule has 0 aromatic heterocycles. The van der Waals surface area contributed by atoms with Crippen LogP contribution in [0.25, 0.3) is 0 Å². The molecule has 96 valence electrons. The molecule has 0 saturated heterocycles. The van der Waals surface area contributed by atoms with Crippen LogP contribution in [0.5, 0.6) is 0 Å². The molecule has 0 aliphatic carbocycles. The zero-order chi connectivity index (χ0) is 12.0. The van der Waals surface area contributed by atoms with Gasteiger partial charge in [0.1, 0.15) is 0 Å². The van der Waals surface area contributed by atoms with Gasteiger partial charge in [-0.3, -0.25) is 4.99 Å². The number of guanidine groups is 1. The Balaban J connectivity index is 0.00000256. The van der Waals surface area contributed by atoms with Gasteiger partial charge in [0.25, 0.3) is 0 Å². The lowest BCUT2D eigenvalue weighted by atomic mass is 10.2. The summed E-state index contributed by atoms with van der Waals surface area (Å²) in [5, 5.41) is 11.5. The van der Waals surface area contributed by atoms with E-state index in [2.05, 4.69) is 10.3 Å². The van der Waals surface area contributed by atoms with E-state index in [1.165, 1.54) is 0 Å². The first-order valence-corrected chi connectivity index (χ1v) is 5.08. The molecule has 1 aromatic carbocycles. The fourth-order valence-corrected chi connectivity index (χ4v) is 1.20. The van der Waals surface area contributed by atoms with Crippen LogP contribution in [0.2, 0.25) is 0 Å². The molecule has 0 spiro atoms. The van der Waals surface area contributed by atoms with Gasteiger partial charge in [0.15, 0.2) is 5.96 Å². The summed E-state index contributed by atoms with van der Waals surface area (Å²) in [7, 11) is 3.97. The average molecular weight is 259 g/mol. The van der Waals surface area contributed by atoms with Crippen molar-refractivity contribution in [3.8, 4) is 0 Å². The normalized spacial score (nSPS) is 10.6. The summed E-state index contributed by atoms with van der Waals surface area (Å²) >= 11 is 0. The monoisotopic (exact) mass is 258 g/mol. The van der Waals surface area contributed by atoms with Gasteiger partial charge in [-0.1, -0.05) is 0 Å². The SMILES string of the molecule is CN(C)c1ccc(NC(N)=NCCO)cc1.Cl. The molecule has 0 bridgehead atoms. The minimum atomic E-state index is 0. The number of anilines is 2. The van der Waals surface area contributed by atoms with E-state index in [0.29, 0.717) is 12.5 Å². The minimum absolute atomic E-state index is 0. The molecule has 0 fully saturated rings. The Morgan fingerprint density at radius 1 is 1.35 bits per heavy atom. The second-order valence-electron chi connectivity index (χ2n) is 3.56. The second-order valence-corrected chi connectivity index (χ2v) is 3.56. The third kappa shape index (κ3) is 5.42. The van der Waals surface area contributed by atoms with E-state index in [4.69, 9.17) is 10.8 Å². The van der Waals surface area contributed by atoms with E-state index in [-0.39, 0.29) is 19.0 Å². The Morgan fingerprint density at radius 3 is 2.41 bits per heavy atom. The van der Waals surface area contributed by atoms with Crippen LogP contribution < -0.4 is 16.0 Å². The van der Waals surface area contributed by atoms with Crippen LogP contribution in [0.15, 0.2) is 29.3 Å². The maximum absolute atomic E-state index is 8.58. The number of nitrogens with one attached hydrogen (secondary N) is 1. The van der Waals surface area contributed by atoms with Crippen molar-refractivity contribution in [1.82, 2.24) is 0 Å². The van der Waals surface area contributed by atoms with Crippen LogP contribution in [0.3, 0.4) is 0 Å². The second kappa shape index (κ2) is 7.76. The Bertz CT molecular complexity index is 351.